The standard InChI is InChI=1S/C17H23N5O3S/c1-21-11-8-15(20-21)18-16(23)17(19-14-6-4-3-5-7-14)9-12-22(13-10-17)26(2,24)25/h3-8,11,19H,9-10,12-13H2,1-2H3,(H,18,20,23). The van der Waals surface area contributed by atoms with Crippen LogP contribution in [0.3, 0.4) is 0 Å². The quantitative estimate of drug-likeness (QED) is 0.818. The second-order valence-electron chi connectivity index (χ2n) is 6.56. The van der Waals surface area contributed by atoms with Crippen LogP contribution in [0.5, 0.6) is 0 Å². The minimum atomic E-state index is -3.27. The van der Waals surface area contributed by atoms with E-state index in [1.807, 2.05) is 30.3 Å². The number of rotatable bonds is 5. The number of aromatic nitrogens is 2. The summed E-state index contributed by atoms with van der Waals surface area (Å²) < 4.78 is 26.6. The van der Waals surface area contributed by atoms with Gasteiger partial charge in [-0.05, 0) is 25.0 Å². The number of para-hydroxylation sites is 1. The lowest BCUT2D eigenvalue weighted by Crippen LogP contribution is -2.57. The second-order valence-corrected chi connectivity index (χ2v) is 8.55. The molecule has 2 heterocycles. The van der Waals surface area contributed by atoms with Crippen molar-refractivity contribution < 1.29 is 13.2 Å². The Labute approximate surface area is 153 Å². The van der Waals surface area contributed by atoms with Crippen molar-refractivity contribution in [1.29, 1.82) is 0 Å². The molecule has 0 unspecified atom stereocenters. The summed E-state index contributed by atoms with van der Waals surface area (Å²) in [6, 6.07) is 11.2. The van der Waals surface area contributed by atoms with Crippen molar-refractivity contribution in [3.63, 3.8) is 0 Å². The third kappa shape index (κ3) is 4.05. The molecule has 0 atom stereocenters. The van der Waals surface area contributed by atoms with Gasteiger partial charge in [-0.1, -0.05) is 18.2 Å². The molecule has 3 rings (SSSR count). The number of benzene rings is 1. The summed E-state index contributed by atoms with van der Waals surface area (Å²) in [5, 5.41) is 10.4. The van der Waals surface area contributed by atoms with Crippen molar-refractivity contribution in [2.24, 2.45) is 7.05 Å². The fourth-order valence-electron chi connectivity index (χ4n) is 3.12. The normalized spacial score (nSPS) is 17.6. The molecule has 140 valence electrons. The van der Waals surface area contributed by atoms with Gasteiger partial charge < -0.3 is 10.6 Å². The van der Waals surface area contributed by atoms with E-state index in [0.29, 0.717) is 18.7 Å². The number of hydrogen-bond donors (Lipinski definition) is 2. The molecular formula is C17H23N5O3S. The summed E-state index contributed by atoms with van der Waals surface area (Å²) in [7, 11) is -1.50. The van der Waals surface area contributed by atoms with E-state index < -0.39 is 15.6 Å². The summed E-state index contributed by atoms with van der Waals surface area (Å²) in [4.78, 5) is 13.1. The summed E-state index contributed by atoms with van der Waals surface area (Å²) in [5.74, 6) is 0.255. The topological polar surface area (TPSA) is 96.3 Å². The number of carbonyl (C=O) groups excluding carboxylic acids is 1. The van der Waals surface area contributed by atoms with Gasteiger partial charge in [0.2, 0.25) is 10.0 Å². The van der Waals surface area contributed by atoms with Gasteiger partial charge in [0.15, 0.2) is 5.82 Å². The van der Waals surface area contributed by atoms with E-state index in [2.05, 4.69) is 15.7 Å². The van der Waals surface area contributed by atoms with E-state index in [4.69, 9.17) is 0 Å². The van der Waals surface area contributed by atoms with Crippen LogP contribution >= 0.6 is 0 Å². The van der Waals surface area contributed by atoms with Gasteiger partial charge in [-0.25, -0.2) is 12.7 Å². The minimum Gasteiger partial charge on any atom is -0.371 e. The van der Waals surface area contributed by atoms with Crippen LogP contribution < -0.4 is 10.6 Å². The molecule has 0 radical (unpaired) electrons. The molecule has 8 nitrogen and oxygen atoms in total. The van der Waals surface area contributed by atoms with Gasteiger partial charge >= 0.3 is 0 Å². The summed E-state index contributed by atoms with van der Waals surface area (Å²) in [6.07, 6.45) is 3.68. The number of nitrogens with zero attached hydrogens (tertiary/aromatic N) is 3. The van der Waals surface area contributed by atoms with Gasteiger partial charge in [0.1, 0.15) is 5.54 Å². The summed E-state index contributed by atoms with van der Waals surface area (Å²) >= 11 is 0. The van der Waals surface area contributed by atoms with Crippen LogP contribution in [0.2, 0.25) is 0 Å². The number of carbonyl (C=O) groups is 1. The van der Waals surface area contributed by atoms with Crippen molar-refractivity contribution in [1.82, 2.24) is 14.1 Å². The molecule has 1 aromatic carbocycles. The van der Waals surface area contributed by atoms with Crippen molar-refractivity contribution >= 4 is 27.4 Å². The molecule has 2 N–H and O–H groups in total. The van der Waals surface area contributed by atoms with E-state index >= 15 is 0 Å². The Hall–Kier alpha value is -2.39. The first kappa shape index (κ1) is 18.4. The minimum absolute atomic E-state index is 0.215. The maximum atomic E-state index is 13.1. The van der Waals surface area contributed by atoms with Crippen LogP contribution in [0.25, 0.3) is 0 Å². The average Bonchev–Trinajstić information content (AvgIpc) is 3.00. The summed E-state index contributed by atoms with van der Waals surface area (Å²) in [5.41, 5.74) is -0.0865. The first-order chi connectivity index (χ1) is 12.3. The van der Waals surface area contributed by atoms with Gasteiger partial charge in [-0.15, -0.1) is 0 Å². The number of amides is 1. The molecule has 0 spiro atoms. The molecule has 2 aromatic rings. The van der Waals surface area contributed by atoms with Gasteiger partial charge in [-0.3, -0.25) is 9.48 Å². The second kappa shape index (κ2) is 7.08. The fourth-order valence-corrected chi connectivity index (χ4v) is 3.97. The van der Waals surface area contributed by atoms with Crippen LogP contribution in [0.15, 0.2) is 42.6 Å². The Morgan fingerprint density at radius 3 is 2.35 bits per heavy atom. The number of anilines is 2. The predicted molar refractivity (Wildman–Crippen MR) is 100 cm³/mol. The molecule has 26 heavy (non-hydrogen) atoms. The smallest absolute Gasteiger partial charge is 0.251 e. The van der Waals surface area contributed by atoms with Crippen molar-refractivity contribution in [3.05, 3.63) is 42.6 Å². The molecule has 9 heteroatoms. The third-order valence-electron chi connectivity index (χ3n) is 4.59. The lowest BCUT2D eigenvalue weighted by atomic mass is 9.86. The van der Waals surface area contributed by atoms with Crippen molar-refractivity contribution in [2.75, 3.05) is 30.0 Å². The van der Waals surface area contributed by atoms with Crippen LogP contribution in [-0.4, -0.2) is 53.3 Å². The van der Waals surface area contributed by atoms with Gasteiger partial charge in [0.05, 0.1) is 6.26 Å². The molecule has 0 aliphatic carbocycles. The predicted octanol–water partition coefficient (Wildman–Crippen LogP) is 1.26. The molecule has 1 amide bonds. The Morgan fingerprint density at radius 2 is 1.81 bits per heavy atom. The van der Waals surface area contributed by atoms with E-state index in [1.165, 1.54) is 10.6 Å². The lowest BCUT2D eigenvalue weighted by molar-refractivity contribution is -0.121. The summed E-state index contributed by atoms with van der Waals surface area (Å²) in [6.45, 7) is 0.572. The van der Waals surface area contributed by atoms with Gasteiger partial charge in [0, 0.05) is 38.1 Å². The van der Waals surface area contributed by atoms with E-state index in [0.717, 1.165) is 5.69 Å². The zero-order chi connectivity index (χ0) is 18.8. The van der Waals surface area contributed by atoms with E-state index in [1.54, 1.807) is 24.0 Å². The zero-order valence-electron chi connectivity index (χ0n) is 14.8. The number of sulfonamides is 1. The Balaban J connectivity index is 1.83. The van der Waals surface area contributed by atoms with Crippen LogP contribution in [0, 0.1) is 0 Å². The highest BCUT2D eigenvalue weighted by Crippen LogP contribution is 2.29. The van der Waals surface area contributed by atoms with Gasteiger partial charge in [-0.2, -0.15) is 5.10 Å². The third-order valence-corrected chi connectivity index (χ3v) is 5.90. The number of nitrogens with one attached hydrogen (secondary N) is 2. The Bertz CT molecular complexity index is 871. The van der Waals surface area contributed by atoms with Crippen molar-refractivity contribution in [3.8, 4) is 0 Å². The SMILES string of the molecule is Cn1ccc(NC(=O)C2(Nc3ccccc3)CCN(S(C)(=O)=O)CC2)n1. The fraction of sp³-hybridized carbons (Fsp3) is 0.412. The highest BCUT2D eigenvalue weighted by atomic mass is 32.2. The van der Waals surface area contributed by atoms with E-state index in [-0.39, 0.29) is 19.0 Å². The lowest BCUT2D eigenvalue weighted by Gasteiger charge is -2.40. The maximum absolute atomic E-state index is 13.1. The highest BCUT2D eigenvalue weighted by molar-refractivity contribution is 7.88. The first-order valence-corrected chi connectivity index (χ1v) is 10.2. The van der Waals surface area contributed by atoms with E-state index in [9.17, 15) is 13.2 Å². The molecule has 1 aromatic heterocycles. The zero-order valence-corrected chi connectivity index (χ0v) is 15.7. The van der Waals surface area contributed by atoms with Crippen molar-refractivity contribution in [2.45, 2.75) is 18.4 Å². The average molecular weight is 377 g/mol. The van der Waals surface area contributed by atoms with Crippen LogP contribution in [-0.2, 0) is 21.9 Å². The molecule has 1 aliphatic heterocycles. The van der Waals surface area contributed by atoms with Gasteiger partial charge in [0.25, 0.3) is 5.91 Å². The molecule has 0 bridgehead atoms. The molecule has 1 fully saturated rings. The first-order valence-electron chi connectivity index (χ1n) is 8.38. The largest absolute Gasteiger partial charge is 0.371 e. The molecule has 1 saturated heterocycles. The van der Waals surface area contributed by atoms with Crippen LogP contribution in [0.1, 0.15) is 12.8 Å². The highest BCUT2D eigenvalue weighted by Gasteiger charge is 2.43. The molecule has 0 saturated carbocycles. The number of aryl methyl sites for hydroxylation is 1. The Kier molecular flexibility index (Phi) is 5.01. The monoisotopic (exact) mass is 377 g/mol. The number of hydrogen-bond acceptors (Lipinski definition) is 5. The Morgan fingerprint density at radius 1 is 1.15 bits per heavy atom. The maximum Gasteiger partial charge on any atom is 0.251 e. The number of piperidine rings is 1. The molecule has 1 aliphatic rings. The van der Waals surface area contributed by atoms with Crippen LogP contribution in [0.4, 0.5) is 11.5 Å². The molecular weight excluding hydrogens is 354 g/mol.